The van der Waals surface area contributed by atoms with E-state index in [1.165, 1.54) is 32.1 Å². The molecule has 0 aromatic heterocycles. The molecule has 2 rings (SSSR count). The van der Waals surface area contributed by atoms with Gasteiger partial charge in [0.05, 0.1) is 26.9 Å². The van der Waals surface area contributed by atoms with Gasteiger partial charge in [0.2, 0.25) is 0 Å². The number of methoxy groups -OCH3 is 2. The lowest BCUT2D eigenvalue weighted by atomic mass is 9.89. The summed E-state index contributed by atoms with van der Waals surface area (Å²) in [5, 5.41) is 0. The number of benzene rings is 1. The van der Waals surface area contributed by atoms with E-state index in [0.717, 1.165) is 24.0 Å². The van der Waals surface area contributed by atoms with Gasteiger partial charge in [-0.15, -0.1) is 0 Å². The van der Waals surface area contributed by atoms with Crippen LogP contribution in [0.3, 0.4) is 0 Å². The predicted octanol–water partition coefficient (Wildman–Crippen LogP) is 7.00. The van der Waals surface area contributed by atoms with E-state index in [9.17, 15) is 9.59 Å². The first-order valence-corrected chi connectivity index (χ1v) is 13.6. The monoisotopic (exact) mass is 505 g/mol. The van der Waals surface area contributed by atoms with Gasteiger partial charge in [-0.1, -0.05) is 45.4 Å². The second-order valence-electron chi connectivity index (χ2n) is 10.6. The Bertz CT molecular complexity index is 832. The van der Waals surface area contributed by atoms with Gasteiger partial charge in [-0.05, 0) is 69.7 Å². The van der Waals surface area contributed by atoms with E-state index in [1.54, 1.807) is 19.1 Å². The Morgan fingerprint density at radius 1 is 0.944 bits per heavy atom. The van der Waals surface area contributed by atoms with Crippen LogP contribution in [0.25, 0.3) is 0 Å². The van der Waals surface area contributed by atoms with Gasteiger partial charge >= 0.3 is 12.1 Å². The van der Waals surface area contributed by atoms with Gasteiger partial charge in [-0.3, -0.25) is 4.79 Å². The molecular weight excluding hydrogens is 458 g/mol. The summed E-state index contributed by atoms with van der Waals surface area (Å²) >= 11 is 0. The number of amides is 1. The average Bonchev–Trinajstić information content (AvgIpc) is 2.83. The molecule has 1 aliphatic heterocycles. The molecule has 0 N–H and O–H groups in total. The first-order valence-electron chi connectivity index (χ1n) is 13.6. The van der Waals surface area contributed by atoms with Crippen LogP contribution in [0.5, 0.6) is 11.5 Å². The smallest absolute Gasteiger partial charge is 0.410 e. The number of carbonyl (C=O) groups excluding carboxylic acids is 2. The molecule has 0 unspecified atom stereocenters. The summed E-state index contributed by atoms with van der Waals surface area (Å²) in [7, 11) is 3.23. The van der Waals surface area contributed by atoms with Gasteiger partial charge in [-0.25, -0.2) is 4.79 Å². The average molecular weight is 506 g/mol. The van der Waals surface area contributed by atoms with Crippen LogP contribution in [-0.2, 0) is 20.7 Å². The lowest BCUT2D eigenvalue weighted by Gasteiger charge is -2.38. The predicted molar refractivity (Wildman–Crippen MR) is 142 cm³/mol. The highest BCUT2D eigenvalue weighted by molar-refractivity contribution is 5.70. The summed E-state index contributed by atoms with van der Waals surface area (Å²) in [5.74, 6) is 1.18. The molecule has 1 atom stereocenters. The molecule has 1 heterocycles. The molecule has 0 radical (unpaired) electrons. The van der Waals surface area contributed by atoms with Gasteiger partial charge < -0.3 is 23.8 Å². The number of nitrogens with zero attached hydrogens (tertiary/aromatic N) is 1. The van der Waals surface area contributed by atoms with Crippen LogP contribution in [0.2, 0.25) is 0 Å². The number of esters is 1. The van der Waals surface area contributed by atoms with Crippen molar-refractivity contribution < 1.29 is 28.5 Å². The number of ether oxygens (including phenoxy) is 4. The van der Waals surface area contributed by atoms with E-state index >= 15 is 0 Å². The van der Waals surface area contributed by atoms with Crippen molar-refractivity contribution in [3.8, 4) is 11.5 Å². The largest absolute Gasteiger partial charge is 0.493 e. The molecule has 7 nitrogen and oxygen atoms in total. The number of unbranched alkanes of at least 4 members (excludes halogenated alkanes) is 6. The lowest BCUT2D eigenvalue weighted by Crippen LogP contribution is -2.43. The molecule has 1 amide bonds. The van der Waals surface area contributed by atoms with Crippen molar-refractivity contribution in [2.24, 2.45) is 0 Å². The van der Waals surface area contributed by atoms with E-state index in [0.29, 0.717) is 50.3 Å². The highest BCUT2D eigenvalue weighted by atomic mass is 16.6. The van der Waals surface area contributed by atoms with Gasteiger partial charge in [0.25, 0.3) is 0 Å². The third-order valence-electron chi connectivity index (χ3n) is 6.50. The van der Waals surface area contributed by atoms with Crippen molar-refractivity contribution in [3.63, 3.8) is 0 Å². The highest BCUT2D eigenvalue weighted by Crippen LogP contribution is 2.40. The van der Waals surface area contributed by atoms with E-state index < -0.39 is 5.60 Å². The van der Waals surface area contributed by atoms with Crippen molar-refractivity contribution in [2.45, 2.75) is 110 Å². The molecule has 1 aliphatic rings. The van der Waals surface area contributed by atoms with Crippen molar-refractivity contribution in [3.05, 3.63) is 23.3 Å². The molecule has 1 aromatic rings. The molecule has 0 aliphatic carbocycles. The van der Waals surface area contributed by atoms with Crippen LogP contribution in [-0.4, -0.2) is 49.9 Å². The van der Waals surface area contributed by atoms with E-state index in [4.69, 9.17) is 18.9 Å². The molecule has 0 spiro atoms. The van der Waals surface area contributed by atoms with Crippen LogP contribution < -0.4 is 9.47 Å². The fourth-order valence-corrected chi connectivity index (χ4v) is 4.64. The summed E-state index contributed by atoms with van der Waals surface area (Å²) in [6.07, 6.45) is 10.4. The van der Waals surface area contributed by atoms with Crippen LogP contribution in [0, 0.1) is 0 Å². The van der Waals surface area contributed by atoms with E-state index in [2.05, 4.69) is 6.92 Å². The summed E-state index contributed by atoms with van der Waals surface area (Å²) in [6, 6.07) is 3.77. The lowest BCUT2D eigenvalue weighted by molar-refractivity contribution is -0.144. The minimum absolute atomic E-state index is 0.136. The molecule has 1 aromatic carbocycles. The van der Waals surface area contributed by atoms with Crippen LogP contribution in [0.15, 0.2) is 12.1 Å². The molecule has 0 fully saturated rings. The summed E-state index contributed by atoms with van der Waals surface area (Å²) in [4.78, 5) is 27.0. The maximum absolute atomic E-state index is 13.0. The normalized spacial score (nSPS) is 15.3. The molecule has 36 heavy (non-hydrogen) atoms. The van der Waals surface area contributed by atoms with Gasteiger partial charge in [0.1, 0.15) is 5.60 Å². The summed E-state index contributed by atoms with van der Waals surface area (Å²) in [5.41, 5.74) is 1.58. The van der Waals surface area contributed by atoms with Crippen LogP contribution >= 0.6 is 0 Å². The fourth-order valence-electron chi connectivity index (χ4n) is 4.64. The Morgan fingerprint density at radius 3 is 2.22 bits per heavy atom. The molecule has 0 saturated carbocycles. The number of fused-ring (bicyclic) bond motifs is 1. The molecule has 0 bridgehead atoms. The van der Waals surface area contributed by atoms with Gasteiger partial charge in [0.15, 0.2) is 11.5 Å². The minimum Gasteiger partial charge on any atom is -0.493 e. The number of hydrogen-bond donors (Lipinski definition) is 0. The summed E-state index contributed by atoms with van der Waals surface area (Å²) in [6.45, 7) is 8.73. The quantitative estimate of drug-likeness (QED) is 0.200. The maximum atomic E-state index is 13.0. The van der Waals surface area contributed by atoms with Crippen molar-refractivity contribution >= 4 is 12.1 Å². The zero-order valence-corrected chi connectivity index (χ0v) is 23.3. The minimum atomic E-state index is -0.578. The highest BCUT2D eigenvalue weighted by Gasteiger charge is 2.34. The second kappa shape index (κ2) is 15.0. The Balaban J connectivity index is 1.96. The van der Waals surface area contributed by atoms with E-state index in [1.807, 2.05) is 32.9 Å². The van der Waals surface area contributed by atoms with Gasteiger partial charge in [0, 0.05) is 13.0 Å². The fraction of sp³-hybridized carbons (Fsp3) is 0.724. The Morgan fingerprint density at radius 2 is 1.58 bits per heavy atom. The van der Waals surface area contributed by atoms with Crippen molar-refractivity contribution in [1.29, 1.82) is 0 Å². The Kier molecular flexibility index (Phi) is 12.4. The standard InChI is InChI=1S/C29H47NO6/c1-7-8-9-10-11-12-13-16-27(31)35-19-14-15-24-23-21-26(34-6)25(33-5)20-22(23)17-18-30(24)28(32)36-29(2,3)4/h20-21,24H,7-19H2,1-6H3/t24-/m0/s1. The van der Waals surface area contributed by atoms with Crippen LogP contribution in [0.1, 0.15) is 109 Å². The maximum Gasteiger partial charge on any atom is 0.410 e. The van der Waals surface area contributed by atoms with Crippen molar-refractivity contribution in [2.75, 3.05) is 27.4 Å². The number of carbonyl (C=O) groups is 2. The van der Waals surface area contributed by atoms with Crippen molar-refractivity contribution in [1.82, 2.24) is 4.90 Å². The number of hydrogen-bond acceptors (Lipinski definition) is 6. The molecular formula is C29H47NO6. The zero-order valence-electron chi connectivity index (χ0n) is 23.3. The van der Waals surface area contributed by atoms with Gasteiger partial charge in [-0.2, -0.15) is 0 Å². The first kappa shape index (κ1) is 29.8. The summed E-state index contributed by atoms with van der Waals surface area (Å²) < 4.78 is 22.2. The Labute approximate surface area is 217 Å². The Hall–Kier alpha value is -2.44. The third-order valence-corrected chi connectivity index (χ3v) is 6.50. The molecule has 204 valence electrons. The first-order chi connectivity index (χ1) is 17.2. The third kappa shape index (κ3) is 9.55. The molecule has 0 saturated heterocycles. The topological polar surface area (TPSA) is 74.3 Å². The van der Waals surface area contributed by atoms with Crippen LogP contribution in [0.4, 0.5) is 4.79 Å². The zero-order chi connectivity index (χ0) is 26.6. The second-order valence-corrected chi connectivity index (χ2v) is 10.6. The number of rotatable bonds is 14. The van der Waals surface area contributed by atoms with E-state index in [-0.39, 0.29) is 18.1 Å². The SMILES string of the molecule is CCCCCCCCCC(=O)OCCC[C@H]1c2cc(OC)c(OC)cc2CCN1C(=O)OC(C)(C)C. The molecule has 7 heteroatoms.